The molecule has 8 heteroatoms. The molecular weight excluding hydrogens is 278 g/mol. The third-order valence-corrected chi connectivity index (χ3v) is 2.66. The molecular formula is C12H11F4N3O. The Hall–Kier alpha value is -1.96. The van der Waals surface area contributed by atoms with Gasteiger partial charge in [-0.2, -0.15) is 18.3 Å². The fourth-order valence-electron chi connectivity index (χ4n) is 1.68. The van der Waals surface area contributed by atoms with Crippen LogP contribution in [0.3, 0.4) is 0 Å². The van der Waals surface area contributed by atoms with Gasteiger partial charge in [0.2, 0.25) is 0 Å². The zero-order valence-electron chi connectivity index (χ0n) is 10.7. The zero-order valence-corrected chi connectivity index (χ0v) is 10.7. The van der Waals surface area contributed by atoms with Gasteiger partial charge in [-0.05, 0) is 12.1 Å². The molecule has 0 bridgehead atoms. The van der Waals surface area contributed by atoms with Crippen LogP contribution in [0.2, 0.25) is 0 Å². The Bertz CT molecular complexity index is 622. The van der Waals surface area contributed by atoms with E-state index < -0.39 is 17.6 Å². The van der Waals surface area contributed by atoms with E-state index in [0.29, 0.717) is 11.9 Å². The third-order valence-electron chi connectivity index (χ3n) is 2.66. The van der Waals surface area contributed by atoms with E-state index in [2.05, 4.69) is 10.1 Å². The van der Waals surface area contributed by atoms with Gasteiger partial charge in [-0.25, -0.2) is 9.37 Å². The highest BCUT2D eigenvalue weighted by molar-refractivity contribution is 5.55. The Balaban J connectivity index is 2.39. The van der Waals surface area contributed by atoms with Gasteiger partial charge in [0.05, 0.1) is 5.56 Å². The van der Waals surface area contributed by atoms with Crippen molar-refractivity contribution in [2.75, 3.05) is 7.11 Å². The normalized spacial score (nSPS) is 11.9. The molecule has 20 heavy (non-hydrogen) atoms. The molecule has 0 radical (unpaired) electrons. The second-order valence-corrected chi connectivity index (χ2v) is 4.10. The third kappa shape index (κ3) is 2.79. The molecule has 1 aromatic carbocycles. The van der Waals surface area contributed by atoms with Crippen LogP contribution in [0.25, 0.3) is 11.4 Å². The summed E-state index contributed by atoms with van der Waals surface area (Å²) >= 11 is 0. The van der Waals surface area contributed by atoms with Crippen LogP contribution in [0.15, 0.2) is 18.2 Å². The van der Waals surface area contributed by atoms with Gasteiger partial charge < -0.3 is 4.74 Å². The van der Waals surface area contributed by atoms with Crippen LogP contribution < -0.4 is 0 Å². The highest BCUT2D eigenvalue weighted by Crippen LogP contribution is 2.32. The van der Waals surface area contributed by atoms with E-state index >= 15 is 0 Å². The van der Waals surface area contributed by atoms with E-state index in [4.69, 9.17) is 4.74 Å². The van der Waals surface area contributed by atoms with E-state index in [1.807, 2.05) is 0 Å². The molecule has 0 N–H and O–H groups in total. The first kappa shape index (κ1) is 14.4. The van der Waals surface area contributed by atoms with Crippen LogP contribution >= 0.6 is 0 Å². The van der Waals surface area contributed by atoms with Crippen LogP contribution in [0, 0.1) is 5.82 Å². The lowest BCUT2D eigenvalue weighted by Crippen LogP contribution is -2.07. The Morgan fingerprint density at radius 2 is 2.00 bits per heavy atom. The minimum atomic E-state index is -4.72. The number of aromatic nitrogens is 3. The molecule has 0 aliphatic rings. The summed E-state index contributed by atoms with van der Waals surface area (Å²) in [7, 11) is 3.09. The summed E-state index contributed by atoms with van der Waals surface area (Å²) in [6, 6.07) is 2.59. The van der Waals surface area contributed by atoms with Crippen molar-refractivity contribution in [3.8, 4) is 11.4 Å². The molecule has 2 aromatic rings. The number of halogens is 4. The lowest BCUT2D eigenvalue weighted by atomic mass is 10.1. The Morgan fingerprint density at radius 3 is 2.55 bits per heavy atom. The highest BCUT2D eigenvalue weighted by Gasteiger charge is 2.34. The number of nitrogens with zero attached hydrogens (tertiary/aromatic N) is 3. The molecule has 0 atom stereocenters. The summed E-state index contributed by atoms with van der Waals surface area (Å²) < 4.78 is 57.2. The molecule has 0 amide bonds. The van der Waals surface area contributed by atoms with Gasteiger partial charge in [-0.1, -0.05) is 6.07 Å². The molecule has 108 valence electrons. The molecule has 4 nitrogen and oxygen atoms in total. The number of ether oxygens (including phenoxy) is 1. The van der Waals surface area contributed by atoms with Crippen LogP contribution in [0.4, 0.5) is 17.6 Å². The number of benzene rings is 1. The quantitative estimate of drug-likeness (QED) is 0.816. The van der Waals surface area contributed by atoms with Gasteiger partial charge in [0.1, 0.15) is 12.4 Å². The van der Waals surface area contributed by atoms with Crippen molar-refractivity contribution in [3.63, 3.8) is 0 Å². The molecule has 0 aliphatic heterocycles. The molecule has 1 aromatic heterocycles. The smallest absolute Gasteiger partial charge is 0.377 e. The highest BCUT2D eigenvalue weighted by atomic mass is 19.4. The van der Waals surface area contributed by atoms with Crippen LogP contribution in [0.1, 0.15) is 11.4 Å². The molecule has 0 saturated carbocycles. The van der Waals surface area contributed by atoms with Crippen molar-refractivity contribution in [2.45, 2.75) is 12.8 Å². The number of alkyl halides is 3. The average molecular weight is 289 g/mol. The molecule has 0 fully saturated rings. The molecule has 0 spiro atoms. The van der Waals surface area contributed by atoms with Gasteiger partial charge in [-0.15, -0.1) is 0 Å². The molecule has 1 heterocycles. The SMILES string of the molecule is COCc1nc(-c2ccc(C(F)(F)F)c(F)c2)nn1C. The maximum Gasteiger partial charge on any atom is 0.419 e. The largest absolute Gasteiger partial charge is 0.419 e. The van der Waals surface area contributed by atoms with E-state index in [-0.39, 0.29) is 18.0 Å². The van der Waals surface area contributed by atoms with E-state index in [9.17, 15) is 17.6 Å². The van der Waals surface area contributed by atoms with Gasteiger partial charge in [0, 0.05) is 19.7 Å². The lowest BCUT2D eigenvalue weighted by molar-refractivity contribution is -0.139. The fourth-order valence-corrected chi connectivity index (χ4v) is 1.68. The Kier molecular flexibility index (Phi) is 3.76. The number of hydrogen-bond donors (Lipinski definition) is 0. The first-order chi connectivity index (χ1) is 9.32. The van der Waals surface area contributed by atoms with Gasteiger partial charge in [0.25, 0.3) is 0 Å². The van der Waals surface area contributed by atoms with Crippen molar-refractivity contribution in [2.24, 2.45) is 7.05 Å². The molecule has 0 unspecified atom stereocenters. The molecule has 2 rings (SSSR count). The summed E-state index contributed by atoms with van der Waals surface area (Å²) in [5.41, 5.74) is -1.14. The van der Waals surface area contributed by atoms with Crippen molar-refractivity contribution in [1.82, 2.24) is 14.8 Å². The second-order valence-electron chi connectivity index (χ2n) is 4.10. The zero-order chi connectivity index (χ0) is 14.9. The summed E-state index contributed by atoms with van der Waals surface area (Å²) in [4.78, 5) is 4.08. The van der Waals surface area contributed by atoms with Crippen molar-refractivity contribution in [1.29, 1.82) is 0 Å². The van der Waals surface area contributed by atoms with Crippen LogP contribution in [-0.4, -0.2) is 21.9 Å². The lowest BCUT2D eigenvalue weighted by Gasteiger charge is -2.08. The number of hydrogen-bond acceptors (Lipinski definition) is 3. The Morgan fingerprint density at radius 1 is 1.30 bits per heavy atom. The van der Waals surface area contributed by atoms with Gasteiger partial charge in [0.15, 0.2) is 11.6 Å². The summed E-state index contributed by atoms with van der Waals surface area (Å²) in [6.45, 7) is 0.201. The number of aryl methyl sites for hydroxylation is 1. The topological polar surface area (TPSA) is 39.9 Å². The maximum atomic E-state index is 13.5. The minimum absolute atomic E-state index is 0.146. The van der Waals surface area contributed by atoms with Crippen molar-refractivity contribution < 1.29 is 22.3 Å². The number of methoxy groups -OCH3 is 1. The Labute approximate surface area is 112 Å². The first-order valence-electron chi connectivity index (χ1n) is 5.59. The minimum Gasteiger partial charge on any atom is -0.377 e. The van der Waals surface area contributed by atoms with E-state index in [1.165, 1.54) is 11.8 Å². The standard InChI is InChI=1S/C12H11F4N3O/c1-19-10(6-20-2)17-11(18-19)7-3-4-8(9(13)5-7)12(14,15)16/h3-5H,6H2,1-2H3. The van der Waals surface area contributed by atoms with Crippen molar-refractivity contribution >= 4 is 0 Å². The van der Waals surface area contributed by atoms with E-state index in [1.54, 1.807) is 7.05 Å². The van der Waals surface area contributed by atoms with Crippen LogP contribution in [0.5, 0.6) is 0 Å². The predicted molar refractivity (Wildman–Crippen MR) is 62.1 cm³/mol. The van der Waals surface area contributed by atoms with Gasteiger partial charge >= 0.3 is 6.18 Å². The summed E-state index contributed by atoms with van der Waals surface area (Å²) in [5, 5.41) is 4.01. The first-order valence-corrected chi connectivity index (χ1v) is 5.59. The van der Waals surface area contributed by atoms with Crippen LogP contribution in [-0.2, 0) is 24.6 Å². The summed E-state index contributed by atoms with van der Waals surface area (Å²) in [6.07, 6.45) is -4.72. The predicted octanol–water partition coefficient (Wildman–Crippen LogP) is 2.79. The second kappa shape index (κ2) is 5.20. The fraction of sp³-hybridized carbons (Fsp3) is 0.333. The summed E-state index contributed by atoms with van der Waals surface area (Å²) in [5.74, 6) is -0.717. The maximum absolute atomic E-state index is 13.5. The van der Waals surface area contributed by atoms with E-state index in [0.717, 1.165) is 12.1 Å². The van der Waals surface area contributed by atoms with Gasteiger partial charge in [-0.3, -0.25) is 4.68 Å². The monoisotopic (exact) mass is 289 g/mol. The van der Waals surface area contributed by atoms with Crippen molar-refractivity contribution in [3.05, 3.63) is 35.4 Å². The number of rotatable bonds is 3. The average Bonchev–Trinajstić information content (AvgIpc) is 2.70. The molecule has 0 saturated heterocycles. The molecule has 0 aliphatic carbocycles.